The molecule has 0 aromatic rings. The molecule has 4 heterocycles. The molecule has 18 atom stereocenters. The Balaban J connectivity index is 1.09. The van der Waals surface area contributed by atoms with Crippen LogP contribution in [0.2, 0.25) is 0 Å². The van der Waals surface area contributed by atoms with Crippen molar-refractivity contribution in [2.45, 2.75) is 154 Å². The average Bonchev–Trinajstić information content (AvgIpc) is 3.55. The van der Waals surface area contributed by atoms with E-state index in [-0.39, 0.29) is 41.9 Å². The highest BCUT2D eigenvalue weighted by atomic mass is 16.8. The van der Waals surface area contributed by atoms with Crippen LogP contribution in [0, 0.1) is 52.3 Å². The smallest absolute Gasteiger partial charge is 0.186 e. The summed E-state index contributed by atoms with van der Waals surface area (Å²) in [6.45, 7) is 14.3. The monoisotopic (exact) mass is 620 g/mol. The predicted molar refractivity (Wildman–Crippen MR) is 159 cm³/mol. The van der Waals surface area contributed by atoms with Gasteiger partial charge in [-0.05, 0) is 99.7 Å². The van der Waals surface area contributed by atoms with Crippen LogP contribution in [0.25, 0.3) is 0 Å². The van der Waals surface area contributed by atoms with Gasteiger partial charge in [0.15, 0.2) is 17.9 Å². The molecule has 0 aromatic heterocycles. The third-order valence-electron chi connectivity index (χ3n) is 14.6. The Morgan fingerprint density at radius 3 is 2.32 bits per heavy atom. The van der Waals surface area contributed by atoms with Crippen molar-refractivity contribution in [3.05, 3.63) is 0 Å². The molecule has 4 saturated carbocycles. The third kappa shape index (κ3) is 4.29. The van der Waals surface area contributed by atoms with Crippen LogP contribution in [0.5, 0.6) is 0 Å². The fourth-order valence-electron chi connectivity index (χ4n) is 12.5. The summed E-state index contributed by atoms with van der Waals surface area (Å²) in [6.07, 6.45) is 3.51. The molecule has 4 aliphatic heterocycles. The first-order valence-corrected chi connectivity index (χ1v) is 17.8. The fourth-order valence-corrected chi connectivity index (χ4v) is 12.5. The lowest BCUT2D eigenvalue weighted by Crippen LogP contribution is -2.66. The fraction of sp³-hybridized carbons (Fsp3) is 1.00. The van der Waals surface area contributed by atoms with Crippen LogP contribution in [0.1, 0.15) is 92.9 Å². The van der Waals surface area contributed by atoms with Crippen molar-refractivity contribution >= 4 is 0 Å². The molecule has 0 bridgehead atoms. The highest BCUT2D eigenvalue weighted by Crippen LogP contribution is 2.72. The van der Waals surface area contributed by atoms with Gasteiger partial charge in [-0.1, -0.05) is 27.7 Å². The molecule has 1 spiro atoms. The Morgan fingerprint density at radius 2 is 1.57 bits per heavy atom. The van der Waals surface area contributed by atoms with Gasteiger partial charge in [-0.3, -0.25) is 0 Å². The third-order valence-corrected chi connectivity index (χ3v) is 14.6. The Kier molecular flexibility index (Phi) is 7.26. The van der Waals surface area contributed by atoms with Gasteiger partial charge in [-0.25, -0.2) is 0 Å². The Morgan fingerprint density at radius 1 is 0.773 bits per heavy atom. The van der Waals surface area contributed by atoms with Gasteiger partial charge < -0.3 is 43.7 Å². The Bertz CT molecular complexity index is 1110. The molecule has 4 aliphatic carbocycles. The van der Waals surface area contributed by atoms with E-state index in [1.807, 2.05) is 13.8 Å². The van der Waals surface area contributed by atoms with E-state index in [0.29, 0.717) is 41.4 Å². The minimum absolute atomic E-state index is 0.0791. The number of fused-ring (bicyclic) bond motifs is 8. The average molecular weight is 621 g/mol. The number of ether oxygens (including phenoxy) is 6. The van der Waals surface area contributed by atoms with Crippen LogP contribution in [0.15, 0.2) is 0 Å². The van der Waals surface area contributed by atoms with Gasteiger partial charge >= 0.3 is 0 Å². The van der Waals surface area contributed by atoms with Gasteiger partial charge in [0.25, 0.3) is 0 Å². The second kappa shape index (κ2) is 10.3. The highest BCUT2D eigenvalue weighted by Gasteiger charge is 2.71. The van der Waals surface area contributed by atoms with E-state index >= 15 is 0 Å². The minimum atomic E-state index is -1.34. The van der Waals surface area contributed by atoms with Crippen LogP contribution >= 0.6 is 0 Å². The molecule has 9 nitrogen and oxygen atoms in total. The summed E-state index contributed by atoms with van der Waals surface area (Å²) in [4.78, 5) is 0. The quantitative estimate of drug-likeness (QED) is 0.421. The molecule has 4 saturated heterocycles. The molecule has 9 heteroatoms. The topological polar surface area (TPSA) is 116 Å². The molecule has 44 heavy (non-hydrogen) atoms. The van der Waals surface area contributed by atoms with E-state index in [4.69, 9.17) is 28.4 Å². The van der Waals surface area contributed by atoms with E-state index in [1.165, 1.54) is 19.3 Å². The SMILES string of the molecule is C[C@H]1CC[C@@]2(OC1)O[C@H]1C[C@@H]3[C@@H]4CC[C@@H]5C[C@@H]6OC(C)(C)O[C@H]6[C@@H](O[C@@H]6OC[C@H](O)[C@H](O)[C@H]6O)[C@]5(C)[C@H]4CC[C@]3(C)[C@H]1[C@@H]2C. The maximum atomic E-state index is 10.9. The van der Waals surface area contributed by atoms with Gasteiger partial charge in [-0.2, -0.15) is 0 Å². The number of hydrogen-bond donors (Lipinski definition) is 3. The summed E-state index contributed by atoms with van der Waals surface area (Å²) >= 11 is 0. The summed E-state index contributed by atoms with van der Waals surface area (Å²) in [5.41, 5.74) is 0.00309. The summed E-state index contributed by atoms with van der Waals surface area (Å²) in [5, 5.41) is 31.6. The summed E-state index contributed by atoms with van der Waals surface area (Å²) in [5.74, 6) is 2.35. The largest absolute Gasteiger partial charge is 0.388 e. The number of hydrogen-bond acceptors (Lipinski definition) is 9. The lowest BCUT2D eigenvalue weighted by atomic mass is 9.43. The first-order valence-electron chi connectivity index (χ1n) is 17.8. The molecular weight excluding hydrogens is 564 g/mol. The van der Waals surface area contributed by atoms with E-state index in [2.05, 4.69) is 27.7 Å². The number of aliphatic hydroxyl groups excluding tert-OH is 3. The second-order valence-corrected chi connectivity index (χ2v) is 17.2. The normalized spacial score (nSPS) is 61.2. The van der Waals surface area contributed by atoms with Gasteiger partial charge in [-0.15, -0.1) is 0 Å². The zero-order valence-corrected chi connectivity index (χ0v) is 27.5. The summed E-state index contributed by atoms with van der Waals surface area (Å²) < 4.78 is 39.3. The summed E-state index contributed by atoms with van der Waals surface area (Å²) in [7, 11) is 0. The molecule has 8 fully saturated rings. The van der Waals surface area contributed by atoms with Crippen molar-refractivity contribution in [3.8, 4) is 0 Å². The zero-order valence-electron chi connectivity index (χ0n) is 27.5. The van der Waals surface area contributed by atoms with Gasteiger partial charge in [0.05, 0.1) is 31.5 Å². The molecule has 8 rings (SSSR count). The van der Waals surface area contributed by atoms with E-state index in [9.17, 15) is 15.3 Å². The van der Waals surface area contributed by atoms with Gasteiger partial charge in [0, 0.05) is 17.8 Å². The Labute approximate surface area is 262 Å². The van der Waals surface area contributed by atoms with Crippen molar-refractivity contribution in [2.24, 2.45) is 52.3 Å². The van der Waals surface area contributed by atoms with Gasteiger partial charge in [0.2, 0.25) is 0 Å². The second-order valence-electron chi connectivity index (χ2n) is 17.2. The Hall–Kier alpha value is -0.360. The van der Waals surface area contributed by atoms with Crippen molar-refractivity contribution in [1.29, 1.82) is 0 Å². The van der Waals surface area contributed by atoms with Crippen LogP contribution in [0.3, 0.4) is 0 Å². The van der Waals surface area contributed by atoms with Gasteiger partial charge in [0.1, 0.15) is 24.4 Å². The van der Waals surface area contributed by atoms with Crippen LogP contribution in [0.4, 0.5) is 0 Å². The molecule has 0 radical (unpaired) electrons. The molecule has 250 valence electrons. The minimum Gasteiger partial charge on any atom is -0.388 e. The van der Waals surface area contributed by atoms with E-state index in [0.717, 1.165) is 38.7 Å². The molecule has 0 unspecified atom stereocenters. The standard InChI is InChI=1S/C35H56O9/c1-17-9-12-35(40-15-17)18(2)26-24(43-35)14-22-20-8-7-19-13-25-29(44-32(3,4)42-25)30(34(19,6)21(20)10-11-33(22,26)5)41-31-28(38)27(37)23(36)16-39-31/h17-31,36-38H,7-16H2,1-6H3/t17-,18-,19+,20+,21-,22+,23-,24-,25-,26-,27-,28+,29+,30+,31-,33-,34-,35+/m0/s1. The molecule has 3 N–H and O–H groups in total. The maximum Gasteiger partial charge on any atom is 0.186 e. The number of aliphatic hydroxyl groups is 3. The zero-order chi connectivity index (χ0) is 31.0. The first-order chi connectivity index (χ1) is 20.8. The molecule has 0 amide bonds. The summed E-state index contributed by atoms with van der Waals surface area (Å²) in [6, 6.07) is 0. The maximum absolute atomic E-state index is 10.9. The lowest BCUT2D eigenvalue weighted by molar-refractivity contribution is -0.324. The van der Waals surface area contributed by atoms with Crippen LogP contribution in [-0.4, -0.2) is 89.1 Å². The van der Waals surface area contributed by atoms with Crippen LogP contribution < -0.4 is 0 Å². The van der Waals surface area contributed by atoms with E-state index < -0.39 is 36.2 Å². The molecule has 0 aromatic carbocycles. The van der Waals surface area contributed by atoms with E-state index in [1.54, 1.807) is 0 Å². The van der Waals surface area contributed by atoms with Crippen LogP contribution in [-0.2, 0) is 28.4 Å². The van der Waals surface area contributed by atoms with Crippen molar-refractivity contribution in [3.63, 3.8) is 0 Å². The molecule has 8 aliphatic rings. The number of rotatable bonds is 2. The first kappa shape index (κ1) is 30.9. The highest BCUT2D eigenvalue weighted by molar-refractivity contribution is 5.18. The van der Waals surface area contributed by atoms with Crippen molar-refractivity contribution in [1.82, 2.24) is 0 Å². The predicted octanol–water partition coefficient (Wildman–Crippen LogP) is 4.00. The van der Waals surface area contributed by atoms with Crippen molar-refractivity contribution in [2.75, 3.05) is 13.2 Å². The molecular formula is C35H56O9. The van der Waals surface area contributed by atoms with Crippen molar-refractivity contribution < 1.29 is 43.7 Å². The lowest BCUT2D eigenvalue weighted by Gasteiger charge is -2.64.